The minimum Gasteiger partial charge on any atom is -1.00 e. The van der Waals surface area contributed by atoms with E-state index in [0.717, 1.165) is 58.8 Å². The van der Waals surface area contributed by atoms with Crippen molar-refractivity contribution in [1.29, 1.82) is 0 Å². The Morgan fingerprint density at radius 3 is 2.06 bits per heavy atom. The van der Waals surface area contributed by atoms with Gasteiger partial charge in [-0.05, 0) is 25.0 Å². The third-order valence-electron chi connectivity index (χ3n) is 6.55. The molecule has 2 fully saturated rings. The van der Waals surface area contributed by atoms with Crippen molar-refractivity contribution in [2.24, 2.45) is 0 Å². The summed E-state index contributed by atoms with van der Waals surface area (Å²) in [5.41, 5.74) is 0.322. The molecule has 2 aliphatic heterocycles. The molecular formula is C24H33ClN4O4. The first-order valence-electron chi connectivity index (χ1n) is 11.4. The molecule has 180 valence electrons. The fourth-order valence-electron chi connectivity index (χ4n) is 4.71. The molecule has 1 amide bonds. The van der Waals surface area contributed by atoms with Crippen LogP contribution in [-0.4, -0.2) is 80.9 Å². The second kappa shape index (κ2) is 11.6. The van der Waals surface area contributed by atoms with Gasteiger partial charge in [-0.15, -0.1) is 0 Å². The SMILES string of the molecule is COc1cccc(C(CC[NH+]2CCOCC2)(C(=O)N2CCCC2)c2cccc(OC)n2)n1.[Cl-]. The smallest absolute Gasteiger partial charge is 0.241 e. The minimum atomic E-state index is -1.02. The quantitative estimate of drug-likeness (QED) is 0.462. The van der Waals surface area contributed by atoms with Crippen molar-refractivity contribution in [2.45, 2.75) is 24.7 Å². The molecule has 0 unspecified atom stereocenters. The van der Waals surface area contributed by atoms with Crippen LogP contribution in [0, 0.1) is 0 Å². The number of ether oxygens (including phenoxy) is 3. The normalized spacial score (nSPS) is 16.8. The first kappa shape index (κ1) is 25.2. The topological polar surface area (TPSA) is 78.2 Å². The molecular weight excluding hydrogens is 444 g/mol. The molecule has 0 bridgehead atoms. The van der Waals surface area contributed by atoms with Crippen LogP contribution in [0.5, 0.6) is 11.8 Å². The van der Waals surface area contributed by atoms with Gasteiger partial charge in [0.1, 0.15) is 18.5 Å². The highest BCUT2D eigenvalue weighted by molar-refractivity contribution is 5.91. The van der Waals surface area contributed by atoms with E-state index in [1.807, 2.05) is 29.2 Å². The zero-order valence-electron chi connectivity index (χ0n) is 19.4. The van der Waals surface area contributed by atoms with E-state index in [1.54, 1.807) is 26.4 Å². The van der Waals surface area contributed by atoms with Crippen molar-refractivity contribution in [2.75, 3.05) is 60.2 Å². The Morgan fingerprint density at radius 1 is 1.00 bits per heavy atom. The molecule has 2 saturated heterocycles. The number of halogens is 1. The first-order chi connectivity index (χ1) is 15.7. The van der Waals surface area contributed by atoms with Crippen molar-refractivity contribution in [1.82, 2.24) is 14.9 Å². The third-order valence-corrected chi connectivity index (χ3v) is 6.55. The van der Waals surface area contributed by atoms with Crippen molar-refractivity contribution in [3.63, 3.8) is 0 Å². The number of quaternary nitrogens is 1. The molecule has 8 nitrogen and oxygen atoms in total. The van der Waals surface area contributed by atoms with Crippen LogP contribution < -0.4 is 26.8 Å². The summed E-state index contributed by atoms with van der Waals surface area (Å²) in [6.07, 6.45) is 2.64. The van der Waals surface area contributed by atoms with E-state index in [9.17, 15) is 4.79 Å². The summed E-state index contributed by atoms with van der Waals surface area (Å²) in [5.74, 6) is 1.04. The van der Waals surface area contributed by atoms with Gasteiger partial charge in [0, 0.05) is 31.6 Å². The molecule has 0 atom stereocenters. The van der Waals surface area contributed by atoms with E-state index in [2.05, 4.69) is 0 Å². The van der Waals surface area contributed by atoms with E-state index in [-0.39, 0.29) is 18.3 Å². The molecule has 33 heavy (non-hydrogen) atoms. The summed E-state index contributed by atoms with van der Waals surface area (Å²) in [6.45, 7) is 5.71. The molecule has 0 spiro atoms. The number of nitrogens with one attached hydrogen (secondary N) is 1. The van der Waals surface area contributed by atoms with Crippen LogP contribution in [-0.2, 0) is 14.9 Å². The summed E-state index contributed by atoms with van der Waals surface area (Å²) in [4.78, 5) is 27.2. The number of methoxy groups -OCH3 is 2. The van der Waals surface area contributed by atoms with Crippen molar-refractivity contribution in [3.8, 4) is 11.8 Å². The van der Waals surface area contributed by atoms with Gasteiger partial charge in [0.25, 0.3) is 0 Å². The number of nitrogens with zero attached hydrogens (tertiary/aromatic N) is 3. The Bertz CT molecular complexity index is 869. The number of hydrogen-bond donors (Lipinski definition) is 1. The monoisotopic (exact) mass is 476 g/mol. The van der Waals surface area contributed by atoms with Gasteiger partial charge >= 0.3 is 0 Å². The molecule has 2 aliphatic rings. The Morgan fingerprint density at radius 2 is 1.55 bits per heavy atom. The molecule has 2 aromatic rings. The van der Waals surface area contributed by atoms with Gasteiger partial charge in [-0.25, -0.2) is 9.97 Å². The lowest BCUT2D eigenvalue weighted by molar-refractivity contribution is -0.908. The maximum atomic E-state index is 14.3. The molecule has 2 aromatic heterocycles. The largest absolute Gasteiger partial charge is 1.00 e. The molecule has 0 aliphatic carbocycles. The van der Waals surface area contributed by atoms with Crippen molar-refractivity contribution >= 4 is 5.91 Å². The zero-order chi connectivity index (χ0) is 22.4. The number of likely N-dealkylation sites (tertiary alicyclic amines) is 1. The van der Waals surface area contributed by atoms with Gasteiger partial charge in [-0.3, -0.25) is 4.79 Å². The molecule has 9 heteroatoms. The van der Waals surface area contributed by atoms with E-state index in [0.29, 0.717) is 29.6 Å². The second-order valence-corrected chi connectivity index (χ2v) is 8.40. The van der Waals surface area contributed by atoms with E-state index < -0.39 is 5.41 Å². The average molecular weight is 477 g/mol. The van der Waals surface area contributed by atoms with Crippen molar-refractivity contribution < 1.29 is 36.3 Å². The van der Waals surface area contributed by atoms with Gasteiger partial charge < -0.3 is 36.4 Å². The zero-order valence-corrected chi connectivity index (χ0v) is 20.1. The third kappa shape index (κ3) is 5.39. The van der Waals surface area contributed by atoms with Crippen LogP contribution in [0.2, 0.25) is 0 Å². The number of rotatable bonds is 8. The molecule has 0 aromatic carbocycles. The lowest BCUT2D eigenvalue weighted by atomic mass is 9.75. The van der Waals surface area contributed by atoms with Crippen LogP contribution in [0.25, 0.3) is 0 Å². The van der Waals surface area contributed by atoms with Gasteiger partial charge in [0.15, 0.2) is 0 Å². The number of amides is 1. The van der Waals surface area contributed by atoms with Crippen LogP contribution in [0.3, 0.4) is 0 Å². The number of carbonyl (C=O) groups excluding carboxylic acids is 1. The van der Waals surface area contributed by atoms with E-state index in [1.165, 1.54) is 4.90 Å². The number of aromatic nitrogens is 2. The number of morpholine rings is 1. The fraction of sp³-hybridized carbons (Fsp3) is 0.542. The maximum absolute atomic E-state index is 14.3. The highest BCUT2D eigenvalue weighted by Gasteiger charge is 2.48. The predicted octanol–water partition coefficient (Wildman–Crippen LogP) is -2.29. The lowest BCUT2D eigenvalue weighted by Gasteiger charge is -2.36. The Labute approximate surface area is 201 Å². The van der Waals surface area contributed by atoms with Crippen LogP contribution in [0.15, 0.2) is 36.4 Å². The van der Waals surface area contributed by atoms with E-state index in [4.69, 9.17) is 24.2 Å². The molecule has 0 saturated carbocycles. The molecule has 4 heterocycles. The average Bonchev–Trinajstić information content (AvgIpc) is 3.40. The van der Waals surface area contributed by atoms with E-state index >= 15 is 0 Å². The Kier molecular flexibility index (Phi) is 8.88. The number of pyridine rings is 2. The summed E-state index contributed by atoms with van der Waals surface area (Å²) >= 11 is 0. The lowest BCUT2D eigenvalue weighted by Crippen LogP contribution is -3.14. The summed E-state index contributed by atoms with van der Waals surface area (Å²) < 4.78 is 16.4. The fourth-order valence-corrected chi connectivity index (χ4v) is 4.71. The number of carbonyl (C=O) groups is 1. The predicted molar refractivity (Wildman–Crippen MR) is 119 cm³/mol. The van der Waals surface area contributed by atoms with Gasteiger partial charge in [-0.1, -0.05) is 12.1 Å². The second-order valence-electron chi connectivity index (χ2n) is 8.40. The molecule has 1 N–H and O–H groups in total. The maximum Gasteiger partial charge on any atom is 0.241 e. The van der Waals surface area contributed by atoms with Crippen LogP contribution in [0.4, 0.5) is 0 Å². The van der Waals surface area contributed by atoms with Gasteiger partial charge in [-0.2, -0.15) is 0 Å². The Hall–Kier alpha value is -2.42. The summed E-state index contributed by atoms with van der Waals surface area (Å²) in [6, 6.07) is 11.3. The van der Waals surface area contributed by atoms with Gasteiger partial charge in [0.2, 0.25) is 17.7 Å². The summed E-state index contributed by atoms with van der Waals surface area (Å²) in [7, 11) is 3.19. The van der Waals surface area contributed by atoms with Crippen molar-refractivity contribution in [3.05, 3.63) is 47.8 Å². The van der Waals surface area contributed by atoms with Crippen LogP contribution in [0.1, 0.15) is 30.7 Å². The highest BCUT2D eigenvalue weighted by Crippen LogP contribution is 2.38. The highest BCUT2D eigenvalue weighted by atomic mass is 35.5. The summed E-state index contributed by atoms with van der Waals surface area (Å²) in [5, 5.41) is 0. The minimum absolute atomic E-state index is 0. The first-order valence-corrected chi connectivity index (χ1v) is 11.4. The Balaban J connectivity index is 0.00000306. The standard InChI is InChI=1S/C24H32N4O4.ClH/c1-30-21-9-5-7-19(25-21)24(23(29)28-12-3-4-13-28,11-14-27-15-17-32-18-16-27)20-8-6-10-22(26-20)31-2;/h5-10H,3-4,11-18H2,1-2H3;1H. The van der Waals surface area contributed by atoms with Gasteiger partial charge in [0.05, 0.1) is 45.4 Å². The molecule has 0 radical (unpaired) electrons. The molecule has 4 rings (SSSR count). The number of hydrogen-bond acceptors (Lipinski definition) is 6. The van der Waals surface area contributed by atoms with Crippen LogP contribution >= 0.6 is 0 Å².